The van der Waals surface area contributed by atoms with Crippen LogP contribution in [0.4, 0.5) is 0 Å². The number of aliphatic hydroxyl groups excluding tert-OH is 1. The van der Waals surface area contributed by atoms with Gasteiger partial charge in [0.15, 0.2) is 0 Å². The van der Waals surface area contributed by atoms with Crippen molar-refractivity contribution in [2.75, 3.05) is 0 Å². The second kappa shape index (κ2) is 3.35. The van der Waals surface area contributed by atoms with Crippen LogP contribution in [-0.2, 0) is 0 Å². The van der Waals surface area contributed by atoms with E-state index in [9.17, 15) is 5.11 Å². The highest BCUT2D eigenvalue weighted by atomic mass is 16.3. The summed E-state index contributed by atoms with van der Waals surface area (Å²) in [5.74, 6) is 0.803. The van der Waals surface area contributed by atoms with Crippen molar-refractivity contribution in [1.82, 2.24) is 0 Å². The standard InChI is InChI=1S/C10H21NO/c1-10(2,3)9(12)8(11)6-7-4-5-7/h7-9,12H,4-6,11H2,1-3H3. The summed E-state index contributed by atoms with van der Waals surface area (Å²) in [5.41, 5.74) is 5.82. The monoisotopic (exact) mass is 171 g/mol. The number of aliphatic hydroxyl groups is 1. The molecule has 1 rings (SSSR count). The van der Waals surface area contributed by atoms with Gasteiger partial charge in [-0.25, -0.2) is 0 Å². The molecule has 0 spiro atoms. The van der Waals surface area contributed by atoms with Gasteiger partial charge in [0.25, 0.3) is 0 Å². The lowest BCUT2D eigenvalue weighted by molar-refractivity contribution is 0.0366. The van der Waals surface area contributed by atoms with Crippen molar-refractivity contribution in [3.63, 3.8) is 0 Å². The van der Waals surface area contributed by atoms with Crippen LogP contribution in [0.25, 0.3) is 0 Å². The molecule has 0 aromatic heterocycles. The van der Waals surface area contributed by atoms with Crippen LogP contribution in [0.2, 0.25) is 0 Å². The SMILES string of the molecule is CC(C)(C)C(O)C(N)CC1CC1. The van der Waals surface area contributed by atoms with Crippen molar-refractivity contribution in [3.8, 4) is 0 Å². The fourth-order valence-corrected chi connectivity index (χ4v) is 1.51. The maximum Gasteiger partial charge on any atom is 0.0739 e. The zero-order valence-electron chi connectivity index (χ0n) is 8.38. The summed E-state index contributed by atoms with van der Waals surface area (Å²) >= 11 is 0. The third-order valence-corrected chi connectivity index (χ3v) is 2.60. The fourth-order valence-electron chi connectivity index (χ4n) is 1.51. The maximum absolute atomic E-state index is 9.81. The van der Waals surface area contributed by atoms with E-state index < -0.39 is 0 Å². The molecule has 1 aliphatic carbocycles. The lowest BCUT2D eigenvalue weighted by atomic mass is 9.83. The topological polar surface area (TPSA) is 46.2 Å². The summed E-state index contributed by atoms with van der Waals surface area (Å²) in [6, 6.07) is -0.0301. The average molecular weight is 171 g/mol. The Balaban J connectivity index is 2.33. The van der Waals surface area contributed by atoms with Crippen LogP contribution >= 0.6 is 0 Å². The summed E-state index contributed by atoms with van der Waals surface area (Å²) in [5, 5.41) is 9.81. The molecule has 0 bridgehead atoms. The van der Waals surface area contributed by atoms with E-state index >= 15 is 0 Å². The van der Waals surface area contributed by atoms with Crippen LogP contribution < -0.4 is 5.73 Å². The van der Waals surface area contributed by atoms with Gasteiger partial charge in [0.05, 0.1) is 6.10 Å². The van der Waals surface area contributed by atoms with Crippen LogP contribution in [0.5, 0.6) is 0 Å². The summed E-state index contributed by atoms with van der Waals surface area (Å²) in [6.07, 6.45) is 3.26. The average Bonchev–Trinajstić information content (AvgIpc) is 2.68. The molecule has 72 valence electrons. The number of hydrogen-bond donors (Lipinski definition) is 2. The number of nitrogens with two attached hydrogens (primary N) is 1. The lowest BCUT2D eigenvalue weighted by Gasteiger charge is -2.30. The van der Waals surface area contributed by atoms with Crippen LogP contribution in [0.1, 0.15) is 40.0 Å². The molecule has 2 unspecified atom stereocenters. The quantitative estimate of drug-likeness (QED) is 0.676. The Labute approximate surface area is 75.2 Å². The first-order valence-electron chi connectivity index (χ1n) is 4.85. The van der Waals surface area contributed by atoms with Gasteiger partial charge in [-0.1, -0.05) is 33.6 Å². The minimum absolute atomic E-state index is 0.0301. The van der Waals surface area contributed by atoms with Crippen molar-refractivity contribution in [3.05, 3.63) is 0 Å². The molecule has 1 aliphatic rings. The van der Waals surface area contributed by atoms with Crippen molar-refractivity contribution in [2.45, 2.75) is 52.2 Å². The van der Waals surface area contributed by atoms with Crippen molar-refractivity contribution in [1.29, 1.82) is 0 Å². The van der Waals surface area contributed by atoms with E-state index in [1.54, 1.807) is 0 Å². The number of rotatable bonds is 3. The van der Waals surface area contributed by atoms with Crippen LogP contribution in [0, 0.1) is 11.3 Å². The van der Waals surface area contributed by atoms with E-state index in [0.717, 1.165) is 12.3 Å². The predicted molar refractivity (Wildman–Crippen MR) is 50.8 cm³/mol. The largest absolute Gasteiger partial charge is 0.391 e. The Morgan fingerprint density at radius 2 is 1.92 bits per heavy atom. The van der Waals surface area contributed by atoms with Gasteiger partial charge in [0.1, 0.15) is 0 Å². The molecule has 0 heterocycles. The zero-order chi connectivity index (χ0) is 9.35. The van der Waals surface area contributed by atoms with Crippen LogP contribution in [-0.4, -0.2) is 17.3 Å². The molecule has 0 aliphatic heterocycles. The van der Waals surface area contributed by atoms with E-state index in [1.807, 2.05) is 20.8 Å². The van der Waals surface area contributed by atoms with E-state index in [1.165, 1.54) is 12.8 Å². The maximum atomic E-state index is 9.81. The third-order valence-electron chi connectivity index (χ3n) is 2.60. The smallest absolute Gasteiger partial charge is 0.0739 e. The Hall–Kier alpha value is -0.0800. The molecule has 0 radical (unpaired) electrons. The van der Waals surface area contributed by atoms with Gasteiger partial charge in [0, 0.05) is 6.04 Å². The molecular weight excluding hydrogens is 150 g/mol. The van der Waals surface area contributed by atoms with E-state index in [0.29, 0.717) is 0 Å². The zero-order valence-corrected chi connectivity index (χ0v) is 8.38. The van der Waals surface area contributed by atoms with Gasteiger partial charge in [-0.2, -0.15) is 0 Å². The molecule has 0 amide bonds. The lowest BCUT2D eigenvalue weighted by Crippen LogP contribution is -2.43. The van der Waals surface area contributed by atoms with Gasteiger partial charge >= 0.3 is 0 Å². The van der Waals surface area contributed by atoms with Gasteiger partial charge in [-0.05, 0) is 17.8 Å². The van der Waals surface area contributed by atoms with Crippen molar-refractivity contribution in [2.24, 2.45) is 17.1 Å². The Kier molecular flexibility index (Phi) is 2.79. The normalized spacial score (nSPS) is 23.8. The molecule has 1 fully saturated rings. The first-order chi connectivity index (χ1) is 5.41. The highest BCUT2D eigenvalue weighted by Crippen LogP contribution is 2.35. The van der Waals surface area contributed by atoms with E-state index in [2.05, 4.69) is 0 Å². The minimum Gasteiger partial charge on any atom is -0.391 e. The van der Waals surface area contributed by atoms with E-state index in [-0.39, 0.29) is 17.6 Å². The second-order valence-electron chi connectivity index (χ2n) is 5.15. The first-order valence-corrected chi connectivity index (χ1v) is 4.85. The van der Waals surface area contributed by atoms with Crippen LogP contribution in [0.3, 0.4) is 0 Å². The van der Waals surface area contributed by atoms with Crippen molar-refractivity contribution >= 4 is 0 Å². The van der Waals surface area contributed by atoms with Crippen molar-refractivity contribution < 1.29 is 5.11 Å². The predicted octanol–water partition coefficient (Wildman–Crippen LogP) is 1.52. The first kappa shape index (κ1) is 10.0. The Morgan fingerprint density at radius 3 is 2.25 bits per heavy atom. The summed E-state index contributed by atoms with van der Waals surface area (Å²) in [6.45, 7) is 6.10. The highest BCUT2D eigenvalue weighted by molar-refractivity contribution is 4.87. The molecule has 2 heteroatoms. The Morgan fingerprint density at radius 1 is 1.42 bits per heavy atom. The van der Waals surface area contributed by atoms with E-state index in [4.69, 9.17) is 5.73 Å². The molecule has 2 nitrogen and oxygen atoms in total. The van der Waals surface area contributed by atoms with Gasteiger partial charge < -0.3 is 10.8 Å². The third kappa shape index (κ3) is 2.76. The molecular formula is C10H21NO. The highest BCUT2D eigenvalue weighted by Gasteiger charge is 2.32. The summed E-state index contributed by atoms with van der Waals surface area (Å²) < 4.78 is 0. The molecule has 12 heavy (non-hydrogen) atoms. The second-order valence-corrected chi connectivity index (χ2v) is 5.15. The Bertz CT molecular complexity index is 146. The fraction of sp³-hybridized carbons (Fsp3) is 1.00. The molecule has 0 saturated heterocycles. The molecule has 2 atom stereocenters. The summed E-state index contributed by atoms with van der Waals surface area (Å²) in [4.78, 5) is 0. The van der Waals surface area contributed by atoms with Gasteiger partial charge in [-0.15, -0.1) is 0 Å². The number of hydrogen-bond acceptors (Lipinski definition) is 2. The summed E-state index contributed by atoms with van der Waals surface area (Å²) in [7, 11) is 0. The molecule has 3 N–H and O–H groups in total. The van der Waals surface area contributed by atoms with Gasteiger partial charge in [0.2, 0.25) is 0 Å². The van der Waals surface area contributed by atoms with Crippen LogP contribution in [0.15, 0.2) is 0 Å². The molecule has 1 saturated carbocycles. The molecule has 0 aromatic rings. The van der Waals surface area contributed by atoms with Gasteiger partial charge in [-0.3, -0.25) is 0 Å². The molecule has 0 aromatic carbocycles. The minimum atomic E-state index is -0.363.